The molecule has 0 radical (unpaired) electrons. The zero-order valence-corrected chi connectivity index (χ0v) is 12.0. The number of ether oxygens (including phenoxy) is 1. The van der Waals surface area contributed by atoms with E-state index in [1.54, 1.807) is 0 Å². The molecule has 1 unspecified atom stereocenters. The first-order valence-corrected chi connectivity index (χ1v) is 7.84. The molecule has 3 N–H and O–H groups in total. The van der Waals surface area contributed by atoms with E-state index >= 15 is 0 Å². The second-order valence-electron chi connectivity index (χ2n) is 4.91. The number of hydrogen-bond acceptors (Lipinski definition) is 5. The minimum absolute atomic E-state index is 0.0158. The lowest BCUT2D eigenvalue weighted by atomic mass is 10.2. The number of phenols is 1. The highest BCUT2D eigenvalue weighted by Crippen LogP contribution is 2.36. The summed E-state index contributed by atoms with van der Waals surface area (Å²) in [5.41, 5.74) is 0. The maximum atomic E-state index is 12.3. The molecule has 1 fully saturated rings. The summed E-state index contributed by atoms with van der Waals surface area (Å²) >= 11 is 0. The van der Waals surface area contributed by atoms with Crippen molar-refractivity contribution >= 4 is 10.0 Å². The van der Waals surface area contributed by atoms with Crippen LogP contribution in [0.2, 0.25) is 0 Å². The van der Waals surface area contributed by atoms with Gasteiger partial charge in [0.2, 0.25) is 10.0 Å². The molecule has 1 aliphatic rings. The molecule has 1 aromatic rings. The molecule has 2 rings (SSSR count). The molecule has 1 aromatic carbocycles. The number of nitrogens with one attached hydrogen (secondary N) is 1. The molecule has 1 saturated carbocycles. The number of benzene rings is 1. The predicted octanol–water partition coefficient (Wildman–Crippen LogP) is 1.34. The van der Waals surface area contributed by atoms with Crippen molar-refractivity contribution in [2.45, 2.75) is 30.2 Å². The van der Waals surface area contributed by atoms with E-state index in [9.17, 15) is 31.8 Å². The van der Waals surface area contributed by atoms with Gasteiger partial charge in [0.05, 0.1) is 6.10 Å². The van der Waals surface area contributed by atoms with E-state index in [1.807, 2.05) is 4.72 Å². The van der Waals surface area contributed by atoms with E-state index in [0.717, 1.165) is 31.0 Å². The van der Waals surface area contributed by atoms with E-state index in [0.29, 0.717) is 0 Å². The summed E-state index contributed by atoms with van der Waals surface area (Å²) in [5.74, 6) is -1.94. The van der Waals surface area contributed by atoms with Crippen LogP contribution in [0.1, 0.15) is 12.8 Å². The van der Waals surface area contributed by atoms with E-state index in [2.05, 4.69) is 4.74 Å². The summed E-state index contributed by atoms with van der Waals surface area (Å²) in [7, 11) is -4.48. The zero-order valence-electron chi connectivity index (χ0n) is 11.2. The molecule has 1 atom stereocenters. The first kappa shape index (κ1) is 16.8. The highest BCUT2D eigenvalue weighted by atomic mass is 32.2. The number of aliphatic hydroxyl groups excluding tert-OH is 1. The quantitative estimate of drug-likeness (QED) is 0.726. The third-order valence-corrected chi connectivity index (χ3v) is 4.60. The Balaban J connectivity index is 2.24. The average molecular weight is 341 g/mol. The summed E-state index contributed by atoms with van der Waals surface area (Å²) in [6.45, 7) is -0.354. The number of sulfonamides is 1. The fourth-order valence-electron chi connectivity index (χ4n) is 1.89. The first-order valence-electron chi connectivity index (χ1n) is 6.35. The summed E-state index contributed by atoms with van der Waals surface area (Å²) in [6, 6.07) is 2.72. The van der Waals surface area contributed by atoms with Gasteiger partial charge >= 0.3 is 6.36 Å². The number of aliphatic hydroxyl groups is 1. The molecular formula is C12H14F3NO5S. The highest BCUT2D eigenvalue weighted by molar-refractivity contribution is 7.89. The van der Waals surface area contributed by atoms with Gasteiger partial charge in [-0.05, 0) is 30.9 Å². The maximum absolute atomic E-state index is 12.3. The summed E-state index contributed by atoms with van der Waals surface area (Å²) in [4.78, 5) is -1.02. The smallest absolute Gasteiger partial charge is 0.506 e. The minimum Gasteiger partial charge on any atom is -0.506 e. The summed E-state index contributed by atoms with van der Waals surface area (Å²) in [5, 5.41) is 19.2. The van der Waals surface area contributed by atoms with Gasteiger partial charge in [0, 0.05) is 6.54 Å². The number of phenolic OH excluding ortho intramolecular Hbond substituents is 1. The van der Waals surface area contributed by atoms with Crippen molar-refractivity contribution in [3.8, 4) is 11.5 Å². The molecule has 0 aliphatic heterocycles. The Morgan fingerprint density at radius 3 is 2.55 bits per heavy atom. The predicted molar refractivity (Wildman–Crippen MR) is 68.7 cm³/mol. The molecular weight excluding hydrogens is 327 g/mol. The lowest BCUT2D eigenvalue weighted by Crippen LogP contribution is -2.33. The van der Waals surface area contributed by atoms with Crippen molar-refractivity contribution in [1.29, 1.82) is 0 Å². The lowest BCUT2D eigenvalue weighted by Gasteiger charge is -2.16. The van der Waals surface area contributed by atoms with Crippen molar-refractivity contribution in [3.63, 3.8) is 0 Å². The Morgan fingerprint density at radius 1 is 1.36 bits per heavy atom. The van der Waals surface area contributed by atoms with E-state index < -0.39 is 38.9 Å². The molecule has 1 aliphatic carbocycles. The van der Waals surface area contributed by atoms with Crippen LogP contribution in [0.15, 0.2) is 23.1 Å². The number of halogens is 3. The van der Waals surface area contributed by atoms with Gasteiger partial charge in [-0.15, -0.1) is 13.2 Å². The van der Waals surface area contributed by atoms with Gasteiger partial charge in [-0.3, -0.25) is 0 Å². The van der Waals surface area contributed by atoms with Crippen molar-refractivity contribution < 1.29 is 36.5 Å². The number of alkyl halides is 3. The molecule has 0 heterocycles. The third kappa shape index (κ3) is 4.24. The average Bonchev–Trinajstić information content (AvgIpc) is 3.18. The van der Waals surface area contributed by atoms with Crippen LogP contribution in [-0.2, 0) is 10.0 Å². The fraction of sp³-hybridized carbons (Fsp3) is 0.500. The summed E-state index contributed by atoms with van der Waals surface area (Å²) in [6.07, 6.45) is -4.50. The maximum Gasteiger partial charge on any atom is 0.573 e. The van der Waals surface area contributed by atoms with Crippen LogP contribution >= 0.6 is 0 Å². The Bertz CT molecular complexity index is 643. The van der Waals surface area contributed by atoms with Crippen molar-refractivity contribution in [1.82, 2.24) is 4.72 Å². The highest BCUT2D eigenvalue weighted by Gasteiger charge is 2.36. The molecule has 0 amide bonds. The van der Waals surface area contributed by atoms with Crippen LogP contribution in [0.4, 0.5) is 13.2 Å². The molecule has 124 valence electrons. The molecule has 10 heteroatoms. The van der Waals surface area contributed by atoms with E-state index in [4.69, 9.17) is 0 Å². The second-order valence-corrected chi connectivity index (χ2v) is 6.61. The van der Waals surface area contributed by atoms with Gasteiger partial charge in [-0.25, -0.2) is 13.1 Å². The third-order valence-electron chi connectivity index (χ3n) is 3.10. The van der Waals surface area contributed by atoms with Crippen LogP contribution in [0.5, 0.6) is 11.5 Å². The number of rotatable bonds is 6. The van der Waals surface area contributed by atoms with Gasteiger partial charge in [0.25, 0.3) is 0 Å². The zero-order chi connectivity index (χ0) is 16.5. The van der Waals surface area contributed by atoms with Gasteiger partial charge in [0.1, 0.15) is 5.75 Å². The lowest BCUT2D eigenvalue weighted by molar-refractivity contribution is -0.275. The van der Waals surface area contributed by atoms with Crippen molar-refractivity contribution in [2.24, 2.45) is 5.92 Å². The van der Waals surface area contributed by atoms with Crippen LogP contribution in [0.3, 0.4) is 0 Å². The van der Waals surface area contributed by atoms with Crippen LogP contribution < -0.4 is 9.46 Å². The van der Waals surface area contributed by atoms with Gasteiger partial charge < -0.3 is 14.9 Å². The van der Waals surface area contributed by atoms with Crippen LogP contribution in [-0.4, -0.2) is 37.6 Å². The van der Waals surface area contributed by atoms with Crippen molar-refractivity contribution in [2.75, 3.05) is 6.54 Å². The van der Waals surface area contributed by atoms with Crippen molar-refractivity contribution in [3.05, 3.63) is 18.2 Å². The molecule has 0 aromatic heterocycles. The molecule has 0 spiro atoms. The molecule has 0 bridgehead atoms. The van der Waals surface area contributed by atoms with Gasteiger partial charge in [-0.1, -0.05) is 6.07 Å². The normalized spacial score (nSPS) is 17.3. The van der Waals surface area contributed by atoms with E-state index in [-0.39, 0.29) is 12.5 Å². The van der Waals surface area contributed by atoms with Gasteiger partial charge in [0.15, 0.2) is 10.6 Å². The topological polar surface area (TPSA) is 95.9 Å². The van der Waals surface area contributed by atoms with E-state index in [1.165, 1.54) is 0 Å². The molecule has 6 nitrogen and oxygen atoms in total. The Hall–Kier alpha value is -1.52. The van der Waals surface area contributed by atoms with Crippen LogP contribution in [0.25, 0.3) is 0 Å². The monoisotopic (exact) mass is 341 g/mol. The number of hydrogen-bond donors (Lipinski definition) is 3. The van der Waals surface area contributed by atoms with Crippen LogP contribution in [0, 0.1) is 5.92 Å². The fourth-order valence-corrected chi connectivity index (χ4v) is 3.15. The Kier molecular flexibility index (Phi) is 4.54. The Labute approximate surface area is 124 Å². The SMILES string of the molecule is O=S(=O)(NCC(O)C1CC1)c1c(O)cccc1OC(F)(F)F. The first-order chi connectivity index (χ1) is 10.1. The summed E-state index contributed by atoms with van der Waals surface area (Å²) < 4.78 is 66.7. The second kappa shape index (κ2) is 5.94. The van der Waals surface area contributed by atoms with Gasteiger partial charge in [-0.2, -0.15) is 0 Å². The minimum atomic E-state index is -5.11. The largest absolute Gasteiger partial charge is 0.573 e. The molecule has 0 saturated heterocycles. The molecule has 22 heavy (non-hydrogen) atoms. The standard InChI is InChI=1S/C12H14F3NO5S/c13-12(14,15)21-10-3-1-2-8(17)11(10)22(19,20)16-6-9(18)7-4-5-7/h1-3,7,9,16-18H,4-6H2. The number of aromatic hydroxyl groups is 1. The Morgan fingerprint density at radius 2 is 2.00 bits per heavy atom.